The van der Waals surface area contributed by atoms with Crippen LogP contribution in [0.3, 0.4) is 0 Å². The number of aryl methyl sites for hydroxylation is 1. The molecule has 3 heterocycles. The van der Waals surface area contributed by atoms with Crippen LogP contribution in [0, 0.1) is 19.7 Å². The van der Waals surface area contributed by atoms with Gasteiger partial charge in [0.1, 0.15) is 17.2 Å². The van der Waals surface area contributed by atoms with Gasteiger partial charge in [0, 0.05) is 22.3 Å². The van der Waals surface area contributed by atoms with Gasteiger partial charge in [0.2, 0.25) is 0 Å². The van der Waals surface area contributed by atoms with Crippen molar-refractivity contribution in [3.63, 3.8) is 0 Å². The summed E-state index contributed by atoms with van der Waals surface area (Å²) in [6, 6.07) is 10.2. The number of halogens is 1. The van der Waals surface area contributed by atoms with E-state index in [0.29, 0.717) is 17.0 Å². The maximum Gasteiger partial charge on any atom is 0.170 e. The topological polar surface area (TPSA) is 89.6 Å². The Morgan fingerprint density at radius 2 is 2.04 bits per heavy atom. The Bertz CT molecular complexity index is 1080. The molecule has 132 valence electrons. The van der Waals surface area contributed by atoms with Crippen LogP contribution in [0.1, 0.15) is 23.2 Å². The smallest absolute Gasteiger partial charge is 0.170 e. The molecule has 0 amide bonds. The predicted molar refractivity (Wildman–Crippen MR) is 98.1 cm³/mol. The highest BCUT2D eigenvalue weighted by molar-refractivity contribution is 5.85. The summed E-state index contributed by atoms with van der Waals surface area (Å²) in [5, 5.41) is 21.2. The zero-order valence-electron chi connectivity index (χ0n) is 14.3. The van der Waals surface area contributed by atoms with E-state index in [9.17, 15) is 9.50 Å². The van der Waals surface area contributed by atoms with E-state index in [1.807, 2.05) is 32.0 Å². The number of aliphatic hydroxyl groups is 1. The van der Waals surface area contributed by atoms with Gasteiger partial charge in [-0.15, -0.1) is 0 Å². The van der Waals surface area contributed by atoms with Crippen molar-refractivity contribution in [2.45, 2.75) is 20.1 Å². The van der Waals surface area contributed by atoms with Crippen LogP contribution >= 0.6 is 0 Å². The van der Waals surface area contributed by atoms with E-state index < -0.39 is 6.23 Å². The minimum absolute atomic E-state index is 0.288. The van der Waals surface area contributed by atoms with Gasteiger partial charge in [0.15, 0.2) is 6.23 Å². The van der Waals surface area contributed by atoms with Crippen LogP contribution in [0.5, 0.6) is 0 Å². The Morgan fingerprint density at radius 1 is 1.19 bits per heavy atom. The quantitative estimate of drug-likeness (QED) is 0.421. The average Bonchev–Trinajstić information content (AvgIpc) is 3.18. The molecule has 0 aliphatic rings. The third-order valence-electron chi connectivity index (χ3n) is 4.46. The Labute approximate surface area is 149 Å². The molecule has 0 aliphatic heterocycles. The van der Waals surface area contributed by atoms with Gasteiger partial charge in [-0.3, -0.25) is 5.10 Å². The number of aromatic nitrogens is 4. The van der Waals surface area contributed by atoms with Crippen LogP contribution in [-0.4, -0.2) is 25.3 Å². The molecule has 0 radical (unpaired) electrons. The molecule has 0 spiro atoms. The van der Waals surface area contributed by atoms with Crippen molar-refractivity contribution in [1.82, 2.24) is 20.2 Å². The van der Waals surface area contributed by atoms with Crippen molar-refractivity contribution in [3.8, 4) is 11.3 Å². The second-order valence-corrected chi connectivity index (χ2v) is 6.26. The van der Waals surface area contributed by atoms with Crippen molar-refractivity contribution in [1.29, 1.82) is 0 Å². The summed E-state index contributed by atoms with van der Waals surface area (Å²) in [6.45, 7) is 3.80. The summed E-state index contributed by atoms with van der Waals surface area (Å²) < 4.78 is 13.4. The lowest BCUT2D eigenvalue weighted by Crippen LogP contribution is -2.11. The molecule has 0 aliphatic carbocycles. The minimum Gasteiger partial charge on any atom is -0.368 e. The minimum atomic E-state index is -0.944. The van der Waals surface area contributed by atoms with Crippen molar-refractivity contribution < 1.29 is 9.50 Å². The molecule has 3 aromatic heterocycles. The summed E-state index contributed by atoms with van der Waals surface area (Å²) >= 11 is 0. The summed E-state index contributed by atoms with van der Waals surface area (Å²) in [5.41, 5.74) is 5.26. The second-order valence-electron chi connectivity index (χ2n) is 6.26. The van der Waals surface area contributed by atoms with E-state index in [2.05, 4.69) is 25.5 Å². The number of fused-ring (bicyclic) bond motifs is 1. The number of H-pyrrole nitrogens is 2. The molecule has 0 bridgehead atoms. The lowest BCUT2D eigenvalue weighted by Gasteiger charge is -2.12. The van der Waals surface area contributed by atoms with Gasteiger partial charge in [-0.1, -0.05) is 12.1 Å². The number of aromatic amines is 2. The number of nitrogens with one attached hydrogen (secondary N) is 3. The van der Waals surface area contributed by atoms with Crippen LogP contribution in [0.4, 0.5) is 10.1 Å². The number of pyridine rings is 1. The first-order valence-electron chi connectivity index (χ1n) is 8.22. The number of hydrogen-bond donors (Lipinski definition) is 4. The Kier molecular flexibility index (Phi) is 3.93. The van der Waals surface area contributed by atoms with E-state index in [0.717, 1.165) is 27.9 Å². The molecule has 1 unspecified atom stereocenters. The molecule has 0 saturated heterocycles. The van der Waals surface area contributed by atoms with Gasteiger partial charge in [0.25, 0.3) is 0 Å². The lowest BCUT2D eigenvalue weighted by atomic mass is 10.1. The van der Waals surface area contributed by atoms with Gasteiger partial charge in [-0.25, -0.2) is 9.37 Å². The molecule has 7 heteroatoms. The first-order valence-corrected chi connectivity index (χ1v) is 8.22. The number of nitrogens with zero attached hydrogens (tertiary/aromatic N) is 2. The van der Waals surface area contributed by atoms with Crippen LogP contribution in [-0.2, 0) is 0 Å². The SMILES string of the molecule is Cc1[nH]nc(C(O)Nc2cnc3[nH]c(-c4cccc(F)c4)cc3c2)c1C. The van der Waals surface area contributed by atoms with Crippen molar-refractivity contribution in [3.05, 3.63) is 65.4 Å². The van der Waals surface area contributed by atoms with E-state index in [1.54, 1.807) is 12.3 Å². The normalized spacial score (nSPS) is 12.5. The zero-order chi connectivity index (χ0) is 18.3. The van der Waals surface area contributed by atoms with Gasteiger partial charge >= 0.3 is 0 Å². The molecule has 6 nitrogen and oxygen atoms in total. The standard InChI is InChI=1S/C19H18FN5O/c1-10-11(2)24-25-17(10)19(26)22-15-7-13-8-16(23-18(13)21-9-15)12-4-3-5-14(20)6-12/h3-9,19,22,26H,1-2H3,(H,21,23)(H,24,25). The first kappa shape index (κ1) is 16.3. The maximum absolute atomic E-state index is 13.4. The molecular formula is C19H18FN5O. The number of aliphatic hydroxyl groups excluding tert-OH is 1. The lowest BCUT2D eigenvalue weighted by molar-refractivity contribution is 0.202. The van der Waals surface area contributed by atoms with Gasteiger partial charge < -0.3 is 15.4 Å². The first-order chi connectivity index (χ1) is 12.5. The summed E-state index contributed by atoms with van der Waals surface area (Å²) in [7, 11) is 0. The van der Waals surface area contributed by atoms with E-state index >= 15 is 0 Å². The highest BCUT2D eigenvalue weighted by atomic mass is 19.1. The third-order valence-corrected chi connectivity index (χ3v) is 4.46. The van der Waals surface area contributed by atoms with Gasteiger partial charge in [-0.2, -0.15) is 5.10 Å². The molecule has 0 fully saturated rings. The monoisotopic (exact) mass is 351 g/mol. The third kappa shape index (κ3) is 2.93. The number of benzene rings is 1. The molecule has 4 aromatic rings. The summed E-state index contributed by atoms with van der Waals surface area (Å²) in [5.74, 6) is -0.288. The van der Waals surface area contributed by atoms with E-state index in [4.69, 9.17) is 0 Å². The Morgan fingerprint density at radius 3 is 2.77 bits per heavy atom. The molecule has 1 aromatic carbocycles. The van der Waals surface area contributed by atoms with Crippen molar-refractivity contribution in [2.75, 3.05) is 5.32 Å². The molecular weight excluding hydrogens is 333 g/mol. The largest absolute Gasteiger partial charge is 0.368 e. The maximum atomic E-state index is 13.4. The Balaban J connectivity index is 1.62. The van der Waals surface area contributed by atoms with Crippen LogP contribution in [0.25, 0.3) is 22.3 Å². The van der Waals surface area contributed by atoms with Crippen LogP contribution in [0.2, 0.25) is 0 Å². The molecule has 1 atom stereocenters. The van der Waals surface area contributed by atoms with Crippen molar-refractivity contribution in [2.24, 2.45) is 0 Å². The summed E-state index contributed by atoms with van der Waals surface area (Å²) in [6.07, 6.45) is 0.688. The number of anilines is 1. The highest BCUT2D eigenvalue weighted by Crippen LogP contribution is 2.27. The Hall–Kier alpha value is -3.19. The molecule has 4 N–H and O–H groups in total. The predicted octanol–water partition coefficient (Wildman–Crippen LogP) is 3.81. The fourth-order valence-corrected chi connectivity index (χ4v) is 2.90. The highest BCUT2D eigenvalue weighted by Gasteiger charge is 2.16. The summed E-state index contributed by atoms with van der Waals surface area (Å²) in [4.78, 5) is 7.55. The van der Waals surface area contributed by atoms with Crippen LogP contribution in [0.15, 0.2) is 42.6 Å². The van der Waals surface area contributed by atoms with Crippen LogP contribution < -0.4 is 5.32 Å². The fourth-order valence-electron chi connectivity index (χ4n) is 2.90. The molecule has 26 heavy (non-hydrogen) atoms. The zero-order valence-corrected chi connectivity index (χ0v) is 14.3. The van der Waals surface area contributed by atoms with Gasteiger partial charge in [-0.05, 0) is 43.7 Å². The van der Waals surface area contributed by atoms with E-state index in [-0.39, 0.29) is 5.82 Å². The van der Waals surface area contributed by atoms with Gasteiger partial charge in [0.05, 0.1) is 11.9 Å². The molecule has 4 rings (SSSR count). The van der Waals surface area contributed by atoms with E-state index in [1.165, 1.54) is 12.1 Å². The number of hydrogen-bond acceptors (Lipinski definition) is 4. The fraction of sp³-hybridized carbons (Fsp3) is 0.158. The molecule has 0 saturated carbocycles. The van der Waals surface area contributed by atoms with Crippen molar-refractivity contribution >= 4 is 16.7 Å². The average molecular weight is 351 g/mol. The number of rotatable bonds is 4. The second kappa shape index (κ2) is 6.27.